The maximum Gasteiger partial charge on any atom is 0.249 e. The van der Waals surface area contributed by atoms with E-state index in [2.05, 4.69) is 10.4 Å². The van der Waals surface area contributed by atoms with Gasteiger partial charge in [0.05, 0.1) is 13.7 Å². The van der Waals surface area contributed by atoms with Gasteiger partial charge in [0, 0.05) is 23.4 Å². The van der Waals surface area contributed by atoms with Gasteiger partial charge in [-0.25, -0.2) is 4.39 Å². The lowest BCUT2D eigenvalue weighted by Gasteiger charge is -2.05. The van der Waals surface area contributed by atoms with Gasteiger partial charge in [-0.3, -0.25) is 9.48 Å². The van der Waals surface area contributed by atoms with Gasteiger partial charge in [-0.1, -0.05) is 30.3 Å². The number of nitrogens with one attached hydrogen (secondary N) is 1. The maximum absolute atomic E-state index is 13.8. The summed E-state index contributed by atoms with van der Waals surface area (Å²) in [6, 6.07) is 15.7. The number of ether oxygens (including phenoxy) is 1. The summed E-state index contributed by atoms with van der Waals surface area (Å²) in [5.74, 6) is 0.613. The van der Waals surface area contributed by atoms with E-state index >= 15 is 0 Å². The van der Waals surface area contributed by atoms with Crippen LogP contribution in [0.25, 0.3) is 6.08 Å². The minimum Gasteiger partial charge on any atom is -0.497 e. The minimum atomic E-state index is -0.290. The zero-order valence-electron chi connectivity index (χ0n) is 15.1. The molecule has 0 aliphatic rings. The van der Waals surface area contributed by atoms with Gasteiger partial charge in [0.15, 0.2) is 5.82 Å². The molecular formula is C21H20FN3O2. The first-order valence-corrected chi connectivity index (χ1v) is 8.46. The molecule has 0 fully saturated rings. The zero-order chi connectivity index (χ0) is 19.2. The van der Waals surface area contributed by atoms with Crippen LogP contribution in [0.1, 0.15) is 16.8 Å². The van der Waals surface area contributed by atoms with Crippen molar-refractivity contribution in [3.05, 3.63) is 83.3 Å². The average molecular weight is 365 g/mol. The van der Waals surface area contributed by atoms with Gasteiger partial charge < -0.3 is 10.1 Å². The number of carbonyl (C=O) groups excluding carboxylic acids is 1. The van der Waals surface area contributed by atoms with Crippen LogP contribution >= 0.6 is 0 Å². The number of methoxy groups -OCH3 is 1. The largest absolute Gasteiger partial charge is 0.497 e. The minimum absolute atomic E-state index is 0.277. The Labute approximate surface area is 157 Å². The number of hydrogen-bond donors (Lipinski definition) is 1. The van der Waals surface area contributed by atoms with Gasteiger partial charge in [0.25, 0.3) is 0 Å². The highest BCUT2D eigenvalue weighted by molar-refractivity contribution is 6.01. The summed E-state index contributed by atoms with van der Waals surface area (Å²) in [6.07, 6.45) is 3.14. The second kappa shape index (κ2) is 8.31. The second-order valence-electron chi connectivity index (χ2n) is 6.02. The molecule has 27 heavy (non-hydrogen) atoms. The molecule has 3 rings (SSSR count). The van der Waals surface area contributed by atoms with Crippen LogP contribution in [0.4, 0.5) is 10.2 Å². The molecule has 0 atom stereocenters. The number of aromatic nitrogens is 2. The van der Waals surface area contributed by atoms with Gasteiger partial charge >= 0.3 is 0 Å². The van der Waals surface area contributed by atoms with Crippen molar-refractivity contribution in [2.24, 2.45) is 0 Å². The first-order valence-electron chi connectivity index (χ1n) is 8.46. The van der Waals surface area contributed by atoms with Gasteiger partial charge in [0.1, 0.15) is 11.6 Å². The fourth-order valence-corrected chi connectivity index (χ4v) is 2.57. The summed E-state index contributed by atoms with van der Waals surface area (Å²) in [7, 11) is 1.60. The molecule has 1 aromatic heterocycles. The molecule has 0 saturated heterocycles. The van der Waals surface area contributed by atoms with Crippen LogP contribution in [0.2, 0.25) is 0 Å². The predicted molar refractivity (Wildman–Crippen MR) is 103 cm³/mol. The molecule has 0 radical (unpaired) electrons. The first-order chi connectivity index (χ1) is 13.0. The normalized spacial score (nSPS) is 10.9. The Kier molecular flexibility index (Phi) is 5.66. The number of carbonyl (C=O) groups is 1. The van der Waals surface area contributed by atoms with E-state index in [0.29, 0.717) is 17.9 Å². The van der Waals surface area contributed by atoms with E-state index in [1.807, 2.05) is 31.2 Å². The summed E-state index contributed by atoms with van der Waals surface area (Å²) in [4.78, 5) is 12.1. The van der Waals surface area contributed by atoms with Gasteiger partial charge in [0.2, 0.25) is 5.91 Å². The smallest absolute Gasteiger partial charge is 0.249 e. The van der Waals surface area contributed by atoms with Crippen molar-refractivity contribution in [1.29, 1.82) is 0 Å². The summed E-state index contributed by atoms with van der Waals surface area (Å²) in [5, 5.41) is 7.05. The van der Waals surface area contributed by atoms with Gasteiger partial charge in [-0.2, -0.15) is 5.10 Å². The molecule has 138 valence electrons. The molecule has 1 amide bonds. The van der Waals surface area contributed by atoms with Crippen LogP contribution in [0.15, 0.2) is 60.7 Å². The molecule has 2 aromatic carbocycles. The number of rotatable bonds is 6. The highest BCUT2D eigenvalue weighted by Crippen LogP contribution is 2.14. The van der Waals surface area contributed by atoms with E-state index in [0.717, 1.165) is 17.0 Å². The molecule has 0 aliphatic carbocycles. The quantitative estimate of drug-likeness (QED) is 0.671. The molecular weight excluding hydrogens is 345 g/mol. The highest BCUT2D eigenvalue weighted by atomic mass is 19.1. The Morgan fingerprint density at radius 3 is 2.67 bits per heavy atom. The molecule has 1 heterocycles. The van der Waals surface area contributed by atoms with Crippen LogP contribution in [0, 0.1) is 12.7 Å². The predicted octanol–water partition coefficient (Wildman–Crippen LogP) is 4.04. The van der Waals surface area contributed by atoms with Crippen LogP contribution in [0.5, 0.6) is 5.75 Å². The number of hydrogen-bond acceptors (Lipinski definition) is 3. The molecule has 1 N–H and O–H groups in total. The molecule has 0 unspecified atom stereocenters. The lowest BCUT2D eigenvalue weighted by atomic mass is 10.2. The fourth-order valence-electron chi connectivity index (χ4n) is 2.57. The average Bonchev–Trinajstić information content (AvgIpc) is 3.01. The Morgan fingerprint density at radius 2 is 1.96 bits per heavy atom. The SMILES string of the molecule is COc1ccc(/C=C/C(=O)Nc2cc(C)n(Cc3ccccc3F)n2)cc1. The number of amides is 1. The number of halogens is 1. The molecule has 5 nitrogen and oxygen atoms in total. The highest BCUT2D eigenvalue weighted by Gasteiger charge is 2.09. The van der Waals surface area contributed by atoms with Crippen LogP contribution in [0.3, 0.4) is 0 Å². The van der Waals surface area contributed by atoms with Crippen molar-refractivity contribution in [2.75, 3.05) is 12.4 Å². The van der Waals surface area contributed by atoms with E-state index in [9.17, 15) is 9.18 Å². The van der Waals surface area contributed by atoms with Crippen LogP contribution in [-0.2, 0) is 11.3 Å². The molecule has 0 saturated carbocycles. The Balaban J connectivity index is 1.64. The summed E-state index contributed by atoms with van der Waals surface area (Å²) < 4.78 is 20.6. The van der Waals surface area contributed by atoms with Crippen molar-refractivity contribution >= 4 is 17.8 Å². The summed E-state index contributed by atoms with van der Waals surface area (Å²) in [6.45, 7) is 2.16. The van der Waals surface area contributed by atoms with Crippen molar-refractivity contribution < 1.29 is 13.9 Å². The molecule has 0 aliphatic heterocycles. The van der Waals surface area contributed by atoms with Crippen molar-refractivity contribution in [3.63, 3.8) is 0 Å². The lowest BCUT2D eigenvalue weighted by Crippen LogP contribution is -2.10. The van der Waals surface area contributed by atoms with E-state index < -0.39 is 0 Å². The van der Waals surface area contributed by atoms with Crippen molar-refractivity contribution in [3.8, 4) is 5.75 Å². The number of anilines is 1. The Morgan fingerprint density at radius 1 is 1.22 bits per heavy atom. The third kappa shape index (κ3) is 4.82. The molecule has 6 heteroatoms. The van der Waals surface area contributed by atoms with Crippen molar-refractivity contribution in [1.82, 2.24) is 9.78 Å². The topological polar surface area (TPSA) is 56.1 Å². The number of benzene rings is 2. The summed E-state index contributed by atoms with van der Waals surface area (Å²) in [5.41, 5.74) is 2.25. The van der Waals surface area contributed by atoms with E-state index in [4.69, 9.17) is 4.74 Å². The Hall–Kier alpha value is -3.41. The van der Waals surface area contributed by atoms with Crippen molar-refractivity contribution in [2.45, 2.75) is 13.5 Å². The van der Waals surface area contributed by atoms with Crippen LogP contribution < -0.4 is 10.1 Å². The molecule has 0 spiro atoms. The Bertz CT molecular complexity index is 962. The lowest BCUT2D eigenvalue weighted by molar-refractivity contribution is -0.111. The first kappa shape index (κ1) is 18.4. The third-order valence-corrected chi connectivity index (χ3v) is 4.05. The van der Waals surface area contributed by atoms with E-state index in [1.54, 1.807) is 42.1 Å². The number of nitrogens with zero attached hydrogens (tertiary/aromatic N) is 2. The molecule has 0 bridgehead atoms. The second-order valence-corrected chi connectivity index (χ2v) is 6.02. The monoisotopic (exact) mass is 365 g/mol. The fraction of sp³-hybridized carbons (Fsp3) is 0.143. The zero-order valence-corrected chi connectivity index (χ0v) is 15.1. The summed E-state index contributed by atoms with van der Waals surface area (Å²) >= 11 is 0. The number of aryl methyl sites for hydroxylation is 1. The maximum atomic E-state index is 13.8. The standard InChI is InChI=1S/C21H20FN3O2/c1-15-13-20(24-25(15)14-17-5-3-4-6-19(17)22)23-21(26)12-9-16-7-10-18(27-2)11-8-16/h3-13H,14H2,1-2H3,(H,23,24,26)/b12-9+. The van der Waals surface area contributed by atoms with Gasteiger partial charge in [-0.05, 0) is 36.8 Å². The third-order valence-electron chi connectivity index (χ3n) is 4.05. The molecule has 3 aromatic rings. The van der Waals surface area contributed by atoms with Gasteiger partial charge in [-0.15, -0.1) is 0 Å². The van der Waals surface area contributed by atoms with Crippen LogP contribution in [-0.4, -0.2) is 22.8 Å². The van der Waals surface area contributed by atoms with E-state index in [-0.39, 0.29) is 11.7 Å². The van der Waals surface area contributed by atoms with E-state index in [1.165, 1.54) is 12.1 Å².